The number of benzene rings is 2. The Bertz CT molecular complexity index is 1010. The Morgan fingerprint density at radius 1 is 1.03 bits per heavy atom. The zero-order chi connectivity index (χ0) is 20.8. The fraction of sp³-hybridized carbons (Fsp3) is 0.273. The van der Waals surface area contributed by atoms with Gasteiger partial charge in [0.1, 0.15) is 0 Å². The lowest BCUT2D eigenvalue weighted by atomic mass is 10.1. The van der Waals surface area contributed by atoms with Crippen molar-refractivity contribution in [2.75, 3.05) is 11.1 Å². The van der Waals surface area contributed by atoms with Crippen molar-refractivity contribution in [3.63, 3.8) is 0 Å². The number of aromatic nitrogens is 3. The Morgan fingerprint density at radius 2 is 1.76 bits per heavy atom. The highest BCUT2D eigenvalue weighted by Crippen LogP contribution is 2.26. The zero-order valence-electron chi connectivity index (χ0n) is 16.8. The van der Waals surface area contributed by atoms with Gasteiger partial charge in [-0.3, -0.25) is 9.59 Å². The summed E-state index contributed by atoms with van der Waals surface area (Å²) in [4.78, 5) is 24.0. The molecule has 0 aliphatic rings. The number of hydrogen-bond donors (Lipinski definition) is 1. The maximum Gasteiger partial charge on any atom is 0.224 e. The highest BCUT2D eigenvalue weighted by molar-refractivity contribution is 7.99. The van der Waals surface area contributed by atoms with Gasteiger partial charge in [-0.2, -0.15) is 0 Å². The molecule has 0 unspecified atom stereocenters. The van der Waals surface area contributed by atoms with Crippen LogP contribution in [0.1, 0.15) is 36.2 Å². The number of hydrogen-bond acceptors (Lipinski definition) is 5. The predicted octanol–water partition coefficient (Wildman–Crippen LogP) is 4.60. The Kier molecular flexibility index (Phi) is 6.82. The molecule has 0 fully saturated rings. The first-order valence-corrected chi connectivity index (χ1v) is 10.6. The van der Waals surface area contributed by atoms with Gasteiger partial charge in [-0.25, -0.2) is 0 Å². The van der Waals surface area contributed by atoms with Gasteiger partial charge in [-0.1, -0.05) is 43.0 Å². The summed E-state index contributed by atoms with van der Waals surface area (Å²) in [5, 5.41) is 12.2. The maximum atomic E-state index is 12.6. The van der Waals surface area contributed by atoms with Gasteiger partial charge in [0.2, 0.25) is 5.91 Å². The summed E-state index contributed by atoms with van der Waals surface area (Å²) in [5.74, 6) is 1.04. The number of amides is 1. The first-order chi connectivity index (χ1) is 14.0. The number of thioether (sulfide) groups is 1. The number of ketones is 1. The molecule has 3 rings (SSSR count). The molecule has 7 heteroatoms. The second-order valence-electron chi connectivity index (χ2n) is 6.56. The van der Waals surface area contributed by atoms with Crippen LogP contribution >= 0.6 is 11.8 Å². The van der Waals surface area contributed by atoms with Crippen molar-refractivity contribution in [1.82, 2.24) is 14.8 Å². The molecule has 150 valence electrons. The fourth-order valence-corrected chi connectivity index (χ4v) is 3.80. The molecule has 1 aromatic heterocycles. The van der Waals surface area contributed by atoms with Crippen LogP contribution in [0.2, 0.25) is 0 Å². The van der Waals surface area contributed by atoms with Crippen LogP contribution in [-0.2, 0) is 11.3 Å². The van der Waals surface area contributed by atoms with E-state index in [0.29, 0.717) is 17.7 Å². The molecule has 0 atom stereocenters. The van der Waals surface area contributed by atoms with Gasteiger partial charge in [-0.05, 0) is 43.7 Å². The van der Waals surface area contributed by atoms with Crippen LogP contribution in [0.5, 0.6) is 0 Å². The molecule has 0 saturated heterocycles. The van der Waals surface area contributed by atoms with Crippen LogP contribution in [-0.4, -0.2) is 32.2 Å². The first kappa shape index (κ1) is 20.8. The van der Waals surface area contributed by atoms with Crippen LogP contribution in [0.3, 0.4) is 0 Å². The van der Waals surface area contributed by atoms with Crippen molar-refractivity contribution in [3.8, 4) is 11.4 Å². The monoisotopic (exact) mass is 408 g/mol. The molecule has 1 amide bonds. The van der Waals surface area contributed by atoms with Gasteiger partial charge in [-0.15, -0.1) is 10.2 Å². The first-order valence-electron chi connectivity index (χ1n) is 9.58. The summed E-state index contributed by atoms with van der Waals surface area (Å²) in [5.41, 5.74) is 3.48. The normalized spacial score (nSPS) is 10.7. The average Bonchev–Trinajstić information content (AvgIpc) is 3.15. The summed E-state index contributed by atoms with van der Waals surface area (Å²) >= 11 is 1.38. The number of anilines is 1. The highest BCUT2D eigenvalue weighted by atomic mass is 32.2. The molecule has 0 saturated carbocycles. The molecule has 0 radical (unpaired) electrons. The minimum Gasteiger partial charge on any atom is -0.326 e. The minimum absolute atomic E-state index is 0.00598. The summed E-state index contributed by atoms with van der Waals surface area (Å²) < 4.78 is 2.03. The van der Waals surface area contributed by atoms with E-state index in [-0.39, 0.29) is 17.4 Å². The molecule has 0 spiro atoms. The number of nitrogens with one attached hydrogen (secondary N) is 1. The predicted molar refractivity (Wildman–Crippen MR) is 116 cm³/mol. The van der Waals surface area contributed by atoms with E-state index in [1.54, 1.807) is 31.2 Å². The molecular formula is C22H24N4O2S. The molecule has 0 aliphatic carbocycles. The van der Waals surface area contributed by atoms with E-state index < -0.39 is 0 Å². The van der Waals surface area contributed by atoms with Crippen molar-refractivity contribution < 1.29 is 9.59 Å². The quantitative estimate of drug-likeness (QED) is 0.435. The molecule has 29 heavy (non-hydrogen) atoms. The van der Waals surface area contributed by atoms with Gasteiger partial charge < -0.3 is 9.88 Å². The van der Waals surface area contributed by atoms with E-state index in [2.05, 4.69) is 15.5 Å². The third-order valence-corrected chi connectivity index (χ3v) is 5.53. The Hall–Kier alpha value is -2.93. The van der Waals surface area contributed by atoms with E-state index >= 15 is 0 Å². The van der Waals surface area contributed by atoms with E-state index in [9.17, 15) is 9.59 Å². The molecule has 0 bridgehead atoms. The smallest absolute Gasteiger partial charge is 0.224 e. The van der Waals surface area contributed by atoms with Crippen LogP contribution in [0.15, 0.2) is 53.7 Å². The Labute approximate surface area is 174 Å². The van der Waals surface area contributed by atoms with Gasteiger partial charge in [0, 0.05) is 29.8 Å². The van der Waals surface area contributed by atoms with E-state index in [0.717, 1.165) is 28.7 Å². The number of rotatable bonds is 8. The zero-order valence-corrected chi connectivity index (χ0v) is 17.6. The second-order valence-corrected chi connectivity index (χ2v) is 7.50. The fourth-order valence-electron chi connectivity index (χ4n) is 2.91. The summed E-state index contributed by atoms with van der Waals surface area (Å²) in [6.45, 7) is 6.61. The second kappa shape index (κ2) is 9.52. The third-order valence-electron chi connectivity index (χ3n) is 4.56. The van der Waals surface area contributed by atoms with Crippen molar-refractivity contribution in [3.05, 3.63) is 59.7 Å². The van der Waals surface area contributed by atoms with Crippen LogP contribution in [0, 0.1) is 6.92 Å². The number of carbonyl (C=O) groups excluding carboxylic acids is 2. The van der Waals surface area contributed by atoms with Gasteiger partial charge in [0.05, 0.1) is 5.75 Å². The number of carbonyl (C=O) groups is 2. The number of aryl methyl sites for hydroxylation is 1. The number of nitrogens with zero attached hydrogens (tertiary/aromatic N) is 3. The summed E-state index contributed by atoms with van der Waals surface area (Å²) in [7, 11) is 0. The lowest BCUT2D eigenvalue weighted by Gasteiger charge is -2.09. The topological polar surface area (TPSA) is 76.9 Å². The van der Waals surface area contributed by atoms with Crippen molar-refractivity contribution in [2.45, 2.75) is 38.9 Å². The van der Waals surface area contributed by atoms with Crippen LogP contribution in [0.25, 0.3) is 11.4 Å². The molecule has 1 N–H and O–H groups in total. The van der Waals surface area contributed by atoms with Gasteiger partial charge in [0.15, 0.2) is 16.8 Å². The highest BCUT2D eigenvalue weighted by Gasteiger charge is 2.16. The molecule has 3 aromatic rings. The largest absolute Gasteiger partial charge is 0.326 e. The van der Waals surface area contributed by atoms with Gasteiger partial charge >= 0.3 is 0 Å². The SMILES string of the molecule is CCC(=O)Nc1ccc(C(=O)CSc2nnc(-c3ccccc3C)n2CC)cc1. The average molecular weight is 409 g/mol. The Balaban J connectivity index is 1.69. The third kappa shape index (κ3) is 4.92. The number of Topliss-reactive ketones (excluding diaryl/α,β-unsaturated/α-hetero) is 1. The van der Waals surface area contributed by atoms with E-state index in [1.165, 1.54) is 11.8 Å². The van der Waals surface area contributed by atoms with Crippen molar-refractivity contribution in [2.24, 2.45) is 0 Å². The van der Waals surface area contributed by atoms with E-state index in [4.69, 9.17) is 0 Å². The molecule has 0 aliphatic heterocycles. The summed E-state index contributed by atoms with van der Waals surface area (Å²) in [6, 6.07) is 15.0. The standard InChI is InChI=1S/C22H24N4O2S/c1-4-20(28)23-17-12-10-16(11-13-17)19(27)14-29-22-25-24-21(26(22)5-2)18-9-7-6-8-15(18)3/h6-13H,4-5,14H2,1-3H3,(H,23,28). The van der Waals surface area contributed by atoms with Crippen LogP contribution < -0.4 is 5.32 Å². The Morgan fingerprint density at radius 3 is 2.41 bits per heavy atom. The maximum absolute atomic E-state index is 12.6. The minimum atomic E-state index is -0.0528. The molecular weight excluding hydrogens is 384 g/mol. The molecule has 6 nitrogen and oxygen atoms in total. The van der Waals surface area contributed by atoms with E-state index in [1.807, 2.05) is 42.7 Å². The van der Waals surface area contributed by atoms with Crippen LogP contribution in [0.4, 0.5) is 5.69 Å². The molecule has 2 aromatic carbocycles. The lowest BCUT2D eigenvalue weighted by molar-refractivity contribution is -0.115. The summed E-state index contributed by atoms with van der Waals surface area (Å²) in [6.07, 6.45) is 0.417. The van der Waals surface area contributed by atoms with Gasteiger partial charge in [0.25, 0.3) is 0 Å². The lowest BCUT2D eigenvalue weighted by Crippen LogP contribution is -2.10. The molecule has 1 heterocycles. The van der Waals surface area contributed by atoms with Crippen molar-refractivity contribution in [1.29, 1.82) is 0 Å². The van der Waals surface area contributed by atoms with Crippen molar-refractivity contribution >= 4 is 29.1 Å².